The Hall–Kier alpha value is -0.980. The van der Waals surface area contributed by atoms with Crippen LogP contribution in [0.2, 0.25) is 0 Å². The van der Waals surface area contributed by atoms with Crippen LogP contribution in [-0.4, -0.2) is 0 Å². The molecular formula is C9H12O. The van der Waals surface area contributed by atoms with Crippen molar-refractivity contribution in [3.05, 3.63) is 36.3 Å². The Morgan fingerprint density at radius 2 is 2.50 bits per heavy atom. The SMILES string of the molecule is C/C=C\CCc1ccco1. The van der Waals surface area contributed by atoms with Gasteiger partial charge in [-0.15, -0.1) is 0 Å². The molecule has 1 nitrogen and oxygen atoms in total. The molecule has 0 saturated carbocycles. The lowest BCUT2D eigenvalue weighted by atomic mass is 10.2. The van der Waals surface area contributed by atoms with E-state index in [1.807, 2.05) is 19.1 Å². The number of aryl methyl sites for hydroxylation is 1. The van der Waals surface area contributed by atoms with Gasteiger partial charge in [0.1, 0.15) is 5.76 Å². The molecule has 1 heterocycles. The van der Waals surface area contributed by atoms with Gasteiger partial charge in [0.05, 0.1) is 6.26 Å². The second-order valence-corrected chi connectivity index (χ2v) is 2.19. The lowest BCUT2D eigenvalue weighted by Gasteiger charge is -1.88. The van der Waals surface area contributed by atoms with Crippen LogP contribution in [0.1, 0.15) is 19.1 Å². The van der Waals surface area contributed by atoms with Crippen molar-refractivity contribution in [1.82, 2.24) is 0 Å². The first-order valence-electron chi connectivity index (χ1n) is 3.57. The molecular weight excluding hydrogens is 124 g/mol. The average Bonchev–Trinajstić information content (AvgIpc) is 2.41. The van der Waals surface area contributed by atoms with Crippen molar-refractivity contribution in [2.24, 2.45) is 0 Å². The van der Waals surface area contributed by atoms with Gasteiger partial charge in [-0.1, -0.05) is 12.2 Å². The third kappa shape index (κ3) is 2.09. The number of allylic oxidation sites excluding steroid dienone is 2. The zero-order chi connectivity index (χ0) is 7.23. The smallest absolute Gasteiger partial charge is 0.104 e. The van der Waals surface area contributed by atoms with Crippen LogP contribution in [-0.2, 0) is 6.42 Å². The summed E-state index contributed by atoms with van der Waals surface area (Å²) < 4.78 is 5.15. The zero-order valence-electron chi connectivity index (χ0n) is 6.21. The molecule has 1 aromatic heterocycles. The van der Waals surface area contributed by atoms with Gasteiger partial charge in [0.15, 0.2) is 0 Å². The van der Waals surface area contributed by atoms with E-state index in [0.29, 0.717) is 0 Å². The van der Waals surface area contributed by atoms with Gasteiger partial charge >= 0.3 is 0 Å². The van der Waals surface area contributed by atoms with Gasteiger partial charge in [0.2, 0.25) is 0 Å². The van der Waals surface area contributed by atoms with Gasteiger partial charge in [-0.2, -0.15) is 0 Å². The maximum Gasteiger partial charge on any atom is 0.104 e. The van der Waals surface area contributed by atoms with Crippen molar-refractivity contribution in [3.63, 3.8) is 0 Å². The highest BCUT2D eigenvalue weighted by Gasteiger charge is 1.90. The van der Waals surface area contributed by atoms with Crippen LogP contribution in [0, 0.1) is 0 Å². The first-order chi connectivity index (χ1) is 4.93. The summed E-state index contributed by atoms with van der Waals surface area (Å²) in [6.45, 7) is 2.03. The number of hydrogen-bond donors (Lipinski definition) is 0. The Kier molecular flexibility index (Phi) is 2.81. The minimum Gasteiger partial charge on any atom is -0.469 e. The van der Waals surface area contributed by atoms with E-state index >= 15 is 0 Å². The topological polar surface area (TPSA) is 13.1 Å². The molecule has 0 atom stereocenters. The molecule has 1 heteroatoms. The summed E-state index contributed by atoms with van der Waals surface area (Å²) in [6, 6.07) is 3.93. The minimum atomic E-state index is 1.01. The van der Waals surface area contributed by atoms with E-state index < -0.39 is 0 Å². The maximum atomic E-state index is 5.15. The van der Waals surface area contributed by atoms with Gasteiger partial charge < -0.3 is 4.42 Å². The summed E-state index contributed by atoms with van der Waals surface area (Å²) in [4.78, 5) is 0. The van der Waals surface area contributed by atoms with E-state index in [2.05, 4.69) is 12.2 Å². The predicted octanol–water partition coefficient (Wildman–Crippen LogP) is 2.79. The summed E-state index contributed by atoms with van der Waals surface area (Å²) >= 11 is 0. The second kappa shape index (κ2) is 3.94. The summed E-state index contributed by atoms with van der Waals surface area (Å²) in [5.41, 5.74) is 0. The second-order valence-electron chi connectivity index (χ2n) is 2.19. The van der Waals surface area contributed by atoms with Crippen LogP contribution < -0.4 is 0 Å². The molecule has 0 bridgehead atoms. The fraction of sp³-hybridized carbons (Fsp3) is 0.333. The first kappa shape index (κ1) is 7.13. The highest BCUT2D eigenvalue weighted by atomic mass is 16.3. The molecule has 0 spiro atoms. The molecule has 0 aromatic carbocycles. The van der Waals surface area contributed by atoms with Crippen molar-refractivity contribution in [3.8, 4) is 0 Å². The van der Waals surface area contributed by atoms with Gasteiger partial charge in [-0.05, 0) is 25.5 Å². The monoisotopic (exact) mass is 136 g/mol. The predicted molar refractivity (Wildman–Crippen MR) is 41.8 cm³/mol. The molecule has 0 aliphatic heterocycles. The van der Waals surface area contributed by atoms with Crippen LogP contribution in [0.25, 0.3) is 0 Å². The van der Waals surface area contributed by atoms with Crippen molar-refractivity contribution < 1.29 is 4.42 Å². The standard InChI is InChI=1S/C9H12O/c1-2-3-4-6-9-7-5-8-10-9/h2-3,5,7-8H,4,6H2,1H3/b3-2-. The van der Waals surface area contributed by atoms with Gasteiger partial charge in [-0.25, -0.2) is 0 Å². The van der Waals surface area contributed by atoms with Crippen molar-refractivity contribution in [2.45, 2.75) is 19.8 Å². The van der Waals surface area contributed by atoms with Gasteiger partial charge in [0.25, 0.3) is 0 Å². The van der Waals surface area contributed by atoms with E-state index in [1.54, 1.807) is 6.26 Å². The average molecular weight is 136 g/mol. The molecule has 54 valence electrons. The Labute approximate surface area is 61.4 Å². The van der Waals surface area contributed by atoms with E-state index in [-0.39, 0.29) is 0 Å². The highest BCUT2D eigenvalue weighted by Crippen LogP contribution is 2.03. The Morgan fingerprint density at radius 1 is 1.60 bits per heavy atom. The normalized spacial score (nSPS) is 10.9. The van der Waals surface area contributed by atoms with Crippen LogP contribution >= 0.6 is 0 Å². The fourth-order valence-corrected chi connectivity index (χ4v) is 0.847. The quantitative estimate of drug-likeness (QED) is 0.582. The fourth-order valence-electron chi connectivity index (χ4n) is 0.847. The van der Waals surface area contributed by atoms with Crippen molar-refractivity contribution in [1.29, 1.82) is 0 Å². The van der Waals surface area contributed by atoms with Gasteiger partial charge in [0, 0.05) is 6.42 Å². The molecule has 0 saturated heterocycles. The number of hydrogen-bond acceptors (Lipinski definition) is 1. The van der Waals surface area contributed by atoms with Crippen molar-refractivity contribution in [2.75, 3.05) is 0 Å². The highest BCUT2D eigenvalue weighted by molar-refractivity contribution is 4.99. The molecule has 0 aliphatic rings. The molecule has 0 fully saturated rings. The molecule has 0 radical (unpaired) electrons. The van der Waals surface area contributed by atoms with E-state index in [1.165, 1.54) is 0 Å². The molecule has 1 rings (SSSR count). The number of rotatable bonds is 3. The third-order valence-corrected chi connectivity index (χ3v) is 1.37. The molecule has 0 N–H and O–H groups in total. The summed E-state index contributed by atoms with van der Waals surface area (Å²) in [5, 5.41) is 0. The lowest BCUT2D eigenvalue weighted by Crippen LogP contribution is -1.76. The molecule has 0 aliphatic carbocycles. The minimum absolute atomic E-state index is 1.01. The number of furan rings is 1. The summed E-state index contributed by atoms with van der Waals surface area (Å²) in [5.74, 6) is 1.07. The summed E-state index contributed by atoms with van der Waals surface area (Å²) in [7, 11) is 0. The molecule has 0 amide bonds. The van der Waals surface area contributed by atoms with Crippen LogP contribution in [0.5, 0.6) is 0 Å². The Balaban J connectivity index is 2.28. The molecule has 1 aromatic rings. The molecule has 0 unspecified atom stereocenters. The van der Waals surface area contributed by atoms with E-state index in [4.69, 9.17) is 4.42 Å². The van der Waals surface area contributed by atoms with Crippen LogP contribution in [0.4, 0.5) is 0 Å². The Bertz CT molecular complexity index is 185. The van der Waals surface area contributed by atoms with Crippen molar-refractivity contribution >= 4 is 0 Å². The maximum absolute atomic E-state index is 5.15. The summed E-state index contributed by atoms with van der Waals surface area (Å²) in [6.07, 6.45) is 8.00. The first-order valence-corrected chi connectivity index (χ1v) is 3.57. The van der Waals surface area contributed by atoms with Crippen LogP contribution in [0.3, 0.4) is 0 Å². The third-order valence-electron chi connectivity index (χ3n) is 1.37. The van der Waals surface area contributed by atoms with Gasteiger partial charge in [-0.3, -0.25) is 0 Å². The zero-order valence-corrected chi connectivity index (χ0v) is 6.21. The largest absolute Gasteiger partial charge is 0.469 e. The lowest BCUT2D eigenvalue weighted by molar-refractivity contribution is 0.510. The Morgan fingerprint density at radius 3 is 3.10 bits per heavy atom. The van der Waals surface area contributed by atoms with Crippen LogP contribution in [0.15, 0.2) is 35.0 Å². The van der Waals surface area contributed by atoms with E-state index in [0.717, 1.165) is 18.6 Å². The van der Waals surface area contributed by atoms with E-state index in [9.17, 15) is 0 Å². The molecule has 10 heavy (non-hydrogen) atoms.